The molecule has 5 rings (SSSR count). The molecule has 0 radical (unpaired) electrons. The Labute approximate surface area is 251 Å². The predicted molar refractivity (Wildman–Crippen MR) is 158 cm³/mol. The normalized spacial score (nSPS) is 15.4. The number of halogens is 2. The average Bonchev–Trinajstić information content (AvgIpc) is 3.20. The lowest BCUT2D eigenvalue weighted by Crippen LogP contribution is -2.36. The first-order valence-electron chi connectivity index (χ1n) is 12.0. The number of fused-ring (bicyclic) bond motifs is 1. The van der Waals surface area contributed by atoms with E-state index in [1.165, 1.54) is 7.11 Å². The standard InChI is InChI=1S/C28H22Br2N2O7S/c1-36-23-11-17(10-20(30)26(23)39-15-16-2-4-18(29)5-3-16)12-24-27(34)32(28(35)40-24)14-25(33)31-19-6-7-21-22(13-19)38-9-8-37-21/h2-7,10-13H,8-9,14-15H2,1H3,(H,31,33)/b24-12+. The molecule has 9 nitrogen and oxygen atoms in total. The lowest BCUT2D eigenvalue weighted by molar-refractivity contribution is -0.127. The van der Waals surface area contributed by atoms with Gasteiger partial charge in [0, 0.05) is 16.2 Å². The summed E-state index contributed by atoms with van der Waals surface area (Å²) in [6, 6.07) is 16.2. The fourth-order valence-corrected chi connectivity index (χ4v) is 5.63. The summed E-state index contributed by atoms with van der Waals surface area (Å²) in [4.78, 5) is 39.4. The number of nitrogens with one attached hydrogen (secondary N) is 1. The molecule has 1 N–H and O–H groups in total. The number of imide groups is 1. The van der Waals surface area contributed by atoms with Crippen LogP contribution in [0.4, 0.5) is 10.5 Å². The Morgan fingerprint density at radius 3 is 2.55 bits per heavy atom. The van der Waals surface area contributed by atoms with Gasteiger partial charge < -0.3 is 24.3 Å². The lowest BCUT2D eigenvalue weighted by atomic mass is 10.1. The van der Waals surface area contributed by atoms with Gasteiger partial charge in [0.25, 0.3) is 11.1 Å². The quantitative estimate of drug-likeness (QED) is 0.277. The van der Waals surface area contributed by atoms with Crippen LogP contribution in [0.15, 0.2) is 68.4 Å². The number of thioether (sulfide) groups is 1. The molecule has 0 saturated carbocycles. The molecule has 3 aromatic rings. The van der Waals surface area contributed by atoms with Crippen LogP contribution in [-0.4, -0.2) is 48.8 Å². The van der Waals surface area contributed by atoms with Crippen LogP contribution in [0.3, 0.4) is 0 Å². The summed E-state index contributed by atoms with van der Waals surface area (Å²) in [5.41, 5.74) is 2.06. The number of anilines is 1. The van der Waals surface area contributed by atoms with E-state index < -0.39 is 23.6 Å². The third-order valence-corrected chi connectivity index (χ3v) is 7.87. The van der Waals surface area contributed by atoms with Crippen molar-refractivity contribution < 1.29 is 33.3 Å². The predicted octanol–water partition coefficient (Wildman–Crippen LogP) is 6.25. The van der Waals surface area contributed by atoms with Crippen LogP contribution >= 0.6 is 43.6 Å². The highest BCUT2D eigenvalue weighted by molar-refractivity contribution is 9.10. The van der Waals surface area contributed by atoms with E-state index in [9.17, 15) is 14.4 Å². The zero-order chi connectivity index (χ0) is 28.2. The van der Waals surface area contributed by atoms with Crippen LogP contribution in [-0.2, 0) is 16.2 Å². The second-order valence-electron chi connectivity index (χ2n) is 8.62. The van der Waals surface area contributed by atoms with Crippen molar-refractivity contribution in [3.63, 3.8) is 0 Å². The van der Waals surface area contributed by atoms with E-state index >= 15 is 0 Å². The minimum atomic E-state index is -0.557. The fourth-order valence-electron chi connectivity index (χ4n) is 3.95. The van der Waals surface area contributed by atoms with Crippen molar-refractivity contribution in [2.24, 2.45) is 0 Å². The van der Waals surface area contributed by atoms with Crippen LogP contribution in [0.25, 0.3) is 6.08 Å². The van der Waals surface area contributed by atoms with Crippen molar-refractivity contribution in [2.45, 2.75) is 6.61 Å². The number of amides is 3. The van der Waals surface area contributed by atoms with Crippen LogP contribution in [0.1, 0.15) is 11.1 Å². The zero-order valence-electron chi connectivity index (χ0n) is 21.1. The molecule has 0 aliphatic carbocycles. The van der Waals surface area contributed by atoms with E-state index in [4.69, 9.17) is 18.9 Å². The summed E-state index contributed by atoms with van der Waals surface area (Å²) in [5, 5.41) is 2.16. The summed E-state index contributed by atoms with van der Waals surface area (Å²) < 4.78 is 24.1. The van der Waals surface area contributed by atoms with Gasteiger partial charge in [0.15, 0.2) is 23.0 Å². The molecule has 0 aromatic heterocycles. The second-order valence-corrected chi connectivity index (χ2v) is 11.4. The molecule has 12 heteroatoms. The molecule has 2 heterocycles. The molecule has 40 heavy (non-hydrogen) atoms. The smallest absolute Gasteiger partial charge is 0.294 e. The lowest BCUT2D eigenvalue weighted by Gasteiger charge is -2.19. The Bertz CT molecular complexity index is 1510. The first kappa shape index (κ1) is 28.1. The van der Waals surface area contributed by atoms with Crippen LogP contribution in [0.5, 0.6) is 23.0 Å². The third kappa shape index (κ3) is 6.45. The molecule has 3 amide bonds. The molecule has 3 aromatic carbocycles. The number of carbonyl (C=O) groups is 3. The SMILES string of the molecule is COc1cc(/C=C2/SC(=O)N(CC(=O)Nc3ccc4c(c3)OCCO4)C2=O)cc(Br)c1OCc1ccc(Br)cc1. The van der Waals surface area contributed by atoms with E-state index in [0.717, 1.165) is 26.7 Å². The molecule has 1 saturated heterocycles. The first-order valence-corrected chi connectivity index (χ1v) is 14.4. The monoisotopic (exact) mass is 688 g/mol. The van der Waals surface area contributed by atoms with Gasteiger partial charge in [-0.25, -0.2) is 0 Å². The van der Waals surface area contributed by atoms with E-state index in [0.29, 0.717) is 58.5 Å². The number of ether oxygens (including phenoxy) is 4. The van der Waals surface area contributed by atoms with Gasteiger partial charge >= 0.3 is 0 Å². The van der Waals surface area contributed by atoms with Crippen molar-refractivity contribution >= 4 is 72.4 Å². The molecule has 0 unspecified atom stereocenters. The number of rotatable bonds is 8. The number of carbonyl (C=O) groups excluding carboxylic acids is 3. The Kier molecular flexibility index (Phi) is 8.67. The third-order valence-electron chi connectivity index (χ3n) is 5.85. The number of nitrogens with zero attached hydrogens (tertiary/aromatic N) is 1. The van der Waals surface area contributed by atoms with Gasteiger partial charge in [-0.05, 0) is 81.3 Å². The van der Waals surface area contributed by atoms with Crippen molar-refractivity contribution in [1.82, 2.24) is 4.90 Å². The Morgan fingerprint density at radius 1 is 1.05 bits per heavy atom. The van der Waals surface area contributed by atoms with E-state index in [1.807, 2.05) is 24.3 Å². The van der Waals surface area contributed by atoms with Crippen LogP contribution < -0.4 is 24.3 Å². The van der Waals surface area contributed by atoms with Crippen molar-refractivity contribution in [1.29, 1.82) is 0 Å². The second kappa shape index (κ2) is 12.4. The van der Waals surface area contributed by atoms with E-state index in [1.54, 1.807) is 36.4 Å². The number of benzene rings is 3. The Morgan fingerprint density at radius 2 is 1.80 bits per heavy atom. The number of hydrogen-bond acceptors (Lipinski definition) is 8. The Hall–Kier alpha value is -3.48. The molecule has 0 spiro atoms. The van der Waals surface area contributed by atoms with Crippen molar-refractivity contribution in [2.75, 3.05) is 32.2 Å². The van der Waals surface area contributed by atoms with Gasteiger partial charge in [-0.1, -0.05) is 28.1 Å². The minimum Gasteiger partial charge on any atom is -0.493 e. The summed E-state index contributed by atoms with van der Waals surface area (Å²) in [7, 11) is 1.52. The maximum absolute atomic E-state index is 13.0. The zero-order valence-corrected chi connectivity index (χ0v) is 25.1. The highest BCUT2D eigenvalue weighted by Crippen LogP contribution is 2.39. The van der Waals surface area contributed by atoms with E-state index in [-0.39, 0.29) is 4.91 Å². The Balaban J connectivity index is 1.26. The molecule has 1 fully saturated rings. The molecule has 0 bridgehead atoms. The van der Waals surface area contributed by atoms with Gasteiger partial charge in [-0.2, -0.15) is 0 Å². The molecular formula is C28H22Br2N2O7S. The van der Waals surface area contributed by atoms with Crippen molar-refractivity contribution in [3.05, 3.63) is 79.6 Å². The van der Waals surface area contributed by atoms with Gasteiger partial charge in [0.05, 0.1) is 16.5 Å². The molecule has 0 atom stereocenters. The summed E-state index contributed by atoms with van der Waals surface area (Å²) >= 11 is 7.70. The van der Waals surface area contributed by atoms with Crippen LogP contribution in [0.2, 0.25) is 0 Å². The largest absolute Gasteiger partial charge is 0.493 e. The van der Waals surface area contributed by atoms with Gasteiger partial charge in [0.1, 0.15) is 26.4 Å². The van der Waals surface area contributed by atoms with E-state index in [2.05, 4.69) is 37.2 Å². The van der Waals surface area contributed by atoms with Gasteiger partial charge in [0.2, 0.25) is 5.91 Å². The molecule has 2 aliphatic heterocycles. The maximum Gasteiger partial charge on any atom is 0.294 e. The number of hydrogen-bond donors (Lipinski definition) is 1. The first-order chi connectivity index (χ1) is 19.3. The topological polar surface area (TPSA) is 103 Å². The molecule has 2 aliphatic rings. The van der Waals surface area contributed by atoms with Gasteiger partial charge in [-0.3, -0.25) is 19.3 Å². The highest BCUT2D eigenvalue weighted by atomic mass is 79.9. The maximum atomic E-state index is 13.0. The highest BCUT2D eigenvalue weighted by Gasteiger charge is 2.36. The summed E-state index contributed by atoms with van der Waals surface area (Å²) in [5.74, 6) is 0.995. The summed E-state index contributed by atoms with van der Waals surface area (Å²) in [6.07, 6.45) is 1.58. The summed E-state index contributed by atoms with van der Waals surface area (Å²) in [6.45, 7) is 0.776. The van der Waals surface area contributed by atoms with Gasteiger partial charge in [-0.15, -0.1) is 0 Å². The van der Waals surface area contributed by atoms with Crippen molar-refractivity contribution in [3.8, 4) is 23.0 Å². The number of methoxy groups -OCH3 is 1. The average molecular weight is 690 g/mol. The van der Waals surface area contributed by atoms with Crippen LogP contribution in [0, 0.1) is 0 Å². The minimum absolute atomic E-state index is 0.189. The fraction of sp³-hybridized carbons (Fsp3) is 0.179. The molecule has 206 valence electrons. The molecular weight excluding hydrogens is 668 g/mol.